The Balaban J connectivity index is 2.36. The zero-order valence-electron chi connectivity index (χ0n) is 14.4. The highest BCUT2D eigenvalue weighted by Crippen LogP contribution is 2.25. The molecule has 134 valence electrons. The van der Waals surface area contributed by atoms with Gasteiger partial charge in [-0.2, -0.15) is 0 Å². The van der Waals surface area contributed by atoms with Crippen molar-refractivity contribution in [1.82, 2.24) is 10.2 Å². The summed E-state index contributed by atoms with van der Waals surface area (Å²) in [5, 5.41) is 3.27. The molecule has 0 saturated heterocycles. The van der Waals surface area contributed by atoms with Crippen LogP contribution in [0.15, 0.2) is 18.2 Å². The summed E-state index contributed by atoms with van der Waals surface area (Å²) in [5.41, 5.74) is 0.951. The highest BCUT2D eigenvalue weighted by molar-refractivity contribution is 6.32. The SMILES string of the molecule is COCCCNC(=O)CN(C)C(=O)CCc1ccc(OC)c(Cl)c1. The summed E-state index contributed by atoms with van der Waals surface area (Å²) in [6, 6.07) is 5.44. The fraction of sp³-hybridized carbons (Fsp3) is 0.529. The van der Waals surface area contributed by atoms with E-state index in [2.05, 4.69) is 5.32 Å². The number of carbonyl (C=O) groups excluding carboxylic acids is 2. The molecule has 24 heavy (non-hydrogen) atoms. The minimum atomic E-state index is -0.172. The van der Waals surface area contributed by atoms with Crippen molar-refractivity contribution in [3.8, 4) is 5.75 Å². The van der Waals surface area contributed by atoms with E-state index < -0.39 is 0 Å². The Bertz CT molecular complexity index is 551. The van der Waals surface area contributed by atoms with E-state index in [4.69, 9.17) is 21.1 Å². The van der Waals surface area contributed by atoms with Crippen LogP contribution >= 0.6 is 11.6 Å². The smallest absolute Gasteiger partial charge is 0.239 e. The molecule has 0 atom stereocenters. The molecule has 1 N–H and O–H groups in total. The van der Waals surface area contributed by atoms with E-state index >= 15 is 0 Å². The molecule has 0 aliphatic carbocycles. The van der Waals surface area contributed by atoms with Gasteiger partial charge in [0.15, 0.2) is 0 Å². The molecular weight excluding hydrogens is 332 g/mol. The van der Waals surface area contributed by atoms with Crippen LogP contribution in [0.1, 0.15) is 18.4 Å². The molecule has 0 spiro atoms. The number of ether oxygens (including phenoxy) is 2. The third-order valence-electron chi connectivity index (χ3n) is 3.50. The fourth-order valence-electron chi connectivity index (χ4n) is 2.11. The number of aryl methyl sites for hydroxylation is 1. The first kappa shape index (κ1) is 20.3. The molecule has 7 heteroatoms. The van der Waals surface area contributed by atoms with E-state index in [-0.39, 0.29) is 18.4 Å². The first-order valence-corrected chi connectivity index (χ1v) is 8.17. The van der Waals surface area contributed by atoms with E-state index in [0.717, 1.165) is 12.0 Å². The topological polar surface area (TPSA) is 67.9 Å². The number of carbonyl (C=O) groups is 2. The Kier molecular flexibility index (Phi) is 9.19. The summed E-state index contributed by atoms with van der Waals surface area (Å²) in [7, 11) is 4.79. The molecule has 0 bridgehead atoms. The first-order valence-electron chi connectivity index (χ1n) is 7.80. The van der Waals surface area contributed by atoms with Gasteiger partial charge in [-0.25, -0.2) is 0 Å². The second-order valence-corrected chi connectivity index (χ2v) is 5.82. The number of nitrogens with zero attached hydrogens (tertiary/aromatic N) is 1. The van der Waals surface area contributed by atoms with Gasteiger partial charge in [-0.3, -0.25) is 9.59 Å². The van der Waals surface area contributed by atoms with Crippen molar-refractivity contribution < 1.29 is 19.1 Å². The standard InChI is InChI=1S/C17H25ClN2O4/c1-20(12-16(21)19-9-4-10-23-2)17(22)8-6-13-5-7-15(24-3)14(18)11-13/h5,7,11H,4,6,8-10,12H2,1-3H3,(H,19,21). The van der Waals surface area contributed by atoms with Gasteiger partial charge in [0, 0.05) is 33.7 Å². The molecule has 0 aliphatic rings. The Labute approximate surface area is 148 Å². The van der Waals surface area contributed by atoms with Crippen LogP contribution in [0.5, 0.6) is 5.75 Å². The monoisotopic (exact) mass is 356 g/mol. The van der Waals surface area contributed by atoms with Crippen LogP contribution in [0.4, 0.5) is 0 Å². The van der Waals surface area contributed by atoms with Crippen LogP contribution in [0.25, 0.3) is 0 Å². The van der Waals surface area contributed by atoms with Gasteiger partial charge in [0.25, 0.3) is 0 Å². The molecule has 1 aromatic carbocycles. The number of hydrogen-bond acceptors (Lipinski definition) is 4. The van der Waals surface area contributed by atoms with Crippen molar-refractivity contribution in [2.75, 3.05) is 41.0 Å². The van der Waals surface area contributed by atoms with Crippen LogP contribution in [0, 0.1) is 0 Å². The van der Waals surface area contributed by atoms with E-state index in [1.807, 2.05) is 6.07 Å². The number of benzene rings is 1. The van der Waals surface area contributed by atoms with Gasteiger partial charge in [0.1, 0.15) is 5.75 Å². The minimum absolute atomic E-state index is 0.0508. The fourth-order valence-corrected chi connectivity index (χ4v) is 2.39. The van der Waals surface area contributed by atoms with Crippen molar-refractivity contribution in [3.63, 3.8) is 0 Å². The Hall–Kier alpha value is -1.79. The number of nitrogens with one attached hydrogen (secondary N) is 1. The maximum atomic E-state index is 12.1. The van der Waals surface area contributed by atoms with Crippen LogP contribution in [0.3, 0.4) is 0 Å². The summed E-state index contributed by atoms with van der Waals surface area (Å²) in [6.45, 7) is 1.19. The Morgan fingerprint density at radius 1 is 1.29 bits per heavy atom. The van der Waals surface area contributed by atoms with Gasteiger partial charge in [0.05, 0.1) is 18.7 Å². The van der Waals surface area contributed by atoms with E-state index in [9.17, 15) is 9.59 Å². The number of likely N-dealkylation sites (N-methyl/N-ethyl adjacent to an activating group) is 1. The molecule has 0 radical (unpaired) electrons. The molecule has 0 saturated carbocycles. The van der Waals surface area contributed by atoms with Crippen molar-refractivity contribution in [3.05, 3.63) is 28.8 Å². The van der Waals surface area contributed by atoms with E-state index in [1.54, 1.807) is 33.4 Å². The van der Waals surface area contributed by atoms with E-state index in [0.29, 0.717) is 36.8 Å². The maximum Gasteiger partial charge on any atom is 0.239 e. The molecule has 0 heterocycles. The number of methoxy groups -OCH3 is 2. The predicted octanol–water partition coefficient (Wildman–Crippen LogP) is 1.89. The number of rotatable bonds is 10. The van der Waals surface area contributed by atoms with Crippen LogP contribution in [-0.4, -0.2) is 57.7 Å². The Morgan fingerprint density at radius 3 is 2.67 bits per heavy atom. The average molecular weight is 357 g/mol. The second kappa shape index (κ2) is 10.9. The molecule has 6 nitrogen and oxygen atoms in total. The quantitative estimate of drug-likeness (QED) is 0.650. The lowest BCUT2D eigenvalue weighted by Crippen LogP contribution is -2.38. The molecular formula is C17H25ClN2O4. The summed E-state index contributed by atoms with van der Waals surface area (Å²) in [5.74, 6) is 0.345. The molecule has 1 aromatic rings. The highest BCUT2D eigenvalue weighted by atomic mass is 35.5. The highest BCUT2D eigenvalue weighted by Gasteiger charge is 2.13. The van der Waals surface area contributed by atoms with E-state index in [1.165, 1.54) is 4.90 Å². The molecule has 2 amide bonds. The van der Waals surface area contributed by atoms with Crippen molar-refractivity contribution in [2.24, 2.45) is 0 Å². The second-order valence-electron chi connectivity index (χ2n) is 5.42. The lowest BCUT2D eigenvalue weighted by Gasteiger charge is -2.17. The predicted molar refractivity (Wildman–Crippen MR) is 93.5 cm³/mol. The zero-order chi connectivity index (χ0) is 17.9. The normalized spacial score (nSPS) is 10.3. The first-order chi connectivity index (χ1) is 11.5. The molecule has 0 fully saturated rings. The van der Waals surface area contributed by atoms with Crippen molar-refractivity contribution in [2.45, 2.75) is 19.3 Å². The molecule has 0 aromatic heterocycles. The third kappa shape index (κ3) is 7.19. The summed E-state index contributed by atoms with van der Waals surface area (Å²) < 4.78 is 10.0. The van der Waals surface area contributed by atoms with Crippen LogP contribution in [0.2, 0.25) is 5.02 Å². The van der Waals surface area contributed by atoms with Gasteiger partial charge >= 0.3 is 0 Å². The summed E-state index contributed by atoms with van der Waals surface area (Å²) in [4.78, 5) is 25.3. The molecule has 1 rings (SSSR count). The number of hydrogen-bond donors (Lipinski definition) is 1. The number of halogens is 1. The Morgan fingerprint density at radius 2 is 2.04 bits per heavy atom. The minimum Gasteiger partial charge on any atom is -0.495 e. The van der Waals surface area contributed by atoms with Gasteiger partial charge in [-0.15, -0.1) is 0 Å². The lowest BCUT2D eigenvalue weighted by molar-refractivity contribution is -0.134. The largest absolute Gasteiger partial charge is 0.495 e. The van der Waals surface area contributed by atoms with Crippen LogP contribution < -0.4 is 10.1 Å². The maximum absolute atomic E-state index is 12.1. The summed E-state index contributed by atoms with van der Waals surface area (Å²) >= 11 is 6.06. The van der Waals surface area contributed by atoms with Gasteiger partial charge in [-0.05, 0) is 30.5 Å². The molecule has 0 unspecified atom stereocenters. The van der Waals surface area contributed by atoms with Gasteiger partial charge in [-0.1, -0.05) is 17.7 Å². The third-order valence-corrected chi connectivity index (χ3v) is 3.79. The average Bonchev–Trinajstić information content (AvgIpc) is 2.56. The lowest BCUT2D eigenvalue weighted by atomic mass is 10.1. The van der Waals surface area contributed by atoms with Gasteiger partial charge < -0.3 is 19.7 Å². The van der Waals surface area contributed by atoms with Crippen molar-refractivity contribution >= 4 is 23.4 Å². The molecule has 0 aliphatic heterocycles. The van der Waals surface area contributed by atoms with Gasteiger partial charge in [0.2, 0.25) is 11.8 Å². The zero-order valence-corrected chi connectivity index (χ0v) is 15.2. The number of amides is 2. The van der Waals surface area contributed by atoms with Crippen molar-refractivity contribution in [1.29, 1.82) is 0 Å². The summed E-state index contributed by atoms with van der Waals surface area (Å²) in [6.07, 6.45) is 1.62. The van der Waals surface area contributed by atoms with Crippen LogP contribution in [-0.2, 0) is 20.7 Å².